The SMILES string of the molecule is CC1(CC(=O)N2C(=O)OC[C@@H]2Cc2ccccc2)CCOCC1. The summed E-state index contributed by atoms with van der Waals surface area (Å²) in [5.74, 6) is -0.127. The first-order valence-electron chi connectivity index (χ1n) is 8.18. The summed E-state index contributed by atoms with van der Waals surface area (Å²) in [6, 6.07) is 9.68. The Balaban J connectivity index is 1.68. The molecule has 23 heavy (non-hydrogen) atoms. The van der Waals surface area contributed by atoms with Gasteiger partial charge >= 0.3 is 6.09 Å². The summed E-state index contributed by atoms with van der Waals surface area (Å²) in [5.41, 5.74) is 1.01. The molecule has 0 bridgehead atoms. The Morgan fingerprint density at radius 1 is 1.26 bits per heavy atom. The summed E-state index contributed by atoms with van der Waals surface area (Å²) in [5, 5.41) is 0. The van der Waals surface area contributed by atoms with Gasteiger partial charge in [0.2, 0.25) is 5.91 Å². The molecule has 0 spiro atoms. The summed E-state index contributed by atoms with van der Waals surface area (Å²) in [6.07, 6.45) is 2.21. The highest BCUT2D eigenvalue weighted by atomic mass is 16.6. The van der Waals surface area contributed by atoms with Crippen molar-refractivity contribution in [1.29, 1.82) is 0 Å². The van der Waals surface area contributed by atoms with E-state index in [2.05, 4.69) is 6.92 Å². The minimum Gasteiger partial charge on any atom is -0.447 e. The number of ether oxygens (including phenoxy) is 2. The molecule has 3 rings (SSSR count). The normalized spacial score (nSPS) is 23.6. The summed E-state index contributed by atoms with van der Waals surface area (Å²) >= 11 is 0. The minimum absolute atomic E-state index is 0.0878. The number of carbonyl (C=O) groups excluding carboxylic acids is 2. The highest BCUT2D eigenvalue weighted by molar-refractivity contribution is 5.93. The lowest BCUT2D eigenvalue weighted by Crippen LogP contribution is -2.43. The average Bonchev–Trinajstić information content (AvgIpc) is 2.89. The van der Waals surface area contributed by atoms with Gasteiger partial charge in [0.15, 0.2) is 0 Å². The Morgan fingerprint density at radius 2 is 1.96 bits per heavy atom. The zero-order valence-electron chi connectivity index (χ0n) is 13.5. The molecule has 1 aromatic carbocycles. The zero-order valence-corrected chi connectivity index (χ0v) is 13.5. The molecule has 0 radical (unpaired) electrons. The van der Waals surface area contributed by atoms with Gasteiger partial charge in [-0.1, -0.05) is 37.3 Å². The molecule has 0 saturated carbocycles. The lowest BCUT2D eigenvalue weighted by Gasteiger charge is -2.34. The number of cyclic esters (lactones) is 1. The fourth-order valence-electron chi connectivity index (χ4n) is 3.29. The first-order valence-corrected chi connectivity index (χ1v) is 8.18. The van der Waals surface area contributed by atoms with E-state index in [1.165, 1.54) is 4.90 Å². The largest absolute Gasteiger partial charge is 0.447 e. The summed E-state index contributed by atoms with van der Waals surface area (Å²) in [7, 11) is 0. The summed E-state index contributed by atoms with van der Waals surface area (Å²) in [6.45, 7) is 3.74. The van der Waals surface area contributed by atoms with Gasteiger partial charge < -0.3 is 9.47 Å². The van der Waals surface area contributed by atoms with Crippen LogP contribution in [0.3, 0.4) is 0 Å². The number of nitrogens with zero attached hydrogens (tertiary/aromatic N) is 1. The van der Waals surface area contributed by atoms with Crippen molar-refractivity contribution in [1.82, 2.24) is 4.90 Å². The van der Waals surface area contributed by atoms with Crippen LogP contribution in [0.25, 0.3) is 0 Å². The van der Waals surface area contributed by atoms with Crippen LogP contribution in [0.5, 0.6) is 0 Å². The van der Waals surface area contributed by atoms with E-state index >= 15 is 0 Å². The van der Waals surface area contributed by atoms with Gasteiger partial charge in [0.05, 0.1) is 6.04 Å². The van der Waals surface area contributed by atoms with Crippen LogP contribution in [0.4, 0.5) is 4.79 Å². The quantitative estimate of drug-likeness (QED) is 0.857. The van der Waals surface area contributed by atoms with Crippen LogP contribution in [0.1, 0.15) is 31.7 Å². The van der Waals surface area contributed by atoms with Crippen molar-refractivity contribution in [3.05, 3.63) is 35.9 Å². The first-order chi connectivity index (χ1) is 11.1. The van der Waals surface area contributed by atoms with Crippen LogP contribution in [0.15, 0.2) is 30.3 Å². The number of imide groups is 1. The highest BCUT2D eigenvalue weighted by Crippen LogP contribution is 2.35. The molecule has 2 fully saturated rings. The molecule has 0 aliphatic carbocycles. The Labute approximate surface area is 136 Å². The van der Waals surface area contributed by atoms with Crippen molar-refractivity contribution < 1.29 is 19.1 Å². The molecule has 0 N–H and O–H groups in total. The molecule has 124 valence electrons. The van der Waals surface area contributed by atoms with Crippen molar-refractivity contribution >= 4 is 12.0 Å². The van der Waals surface area contributed by atoms with Crippen molar-refractivity contribution in [3.8, 4) is 0 Å². The maximum Gasteiger partial charge on any atom is 0.416 e. The topological polar surface area (TPSA) is 55.8 Å². The van der Waals surface area contributed by atoms with Gasteiger partial charge in [-0.05, 0) is 30.2 Å². The van der Waals surface area contributed by atoms with Crippen molar-refractivity contribution in [2.24, 2.45) is 5.41 Å². The van der Waals surface area contributed by atoms with E-state index in [4.69, 9.17) is 9.47 Å². The van der Waals surface area contributed by atoms with E-state index in [1.54, 1.807) is 0 Å². The number of carbonyl (C=O) groups is 2. The maximum absolute atomic E-state index is 12.7. The molecular formula is C18H23NO4. The molecule has 2 amide bonds. The lowest BCUT2D eigenvalue weighted by atomic mass is 9.79. The Bertz CT molecular complexity index is 566. The molecule has 5 heteroatoms. The number of amides is 2. The second-order valence-electron chi connectivity index (χ2n) is 6.78. The van der Waals surface area contributed by atoms with E-state index in [1.807, 2.05) is 30.3 Å². The number of benzene rings is 1. The maximum atomic E-state index is 12.7. The monoisotopic (exact) mass is 317 g/mol. The van der Waals surface area contributed by atoms with Crippen LogP contribution in [0.2, 0.25) is 0 Å². The Kier molecular flexibility index (Phi) is 4.66. The smallest absolute Gasteiger partial charge is 0.416 e. The molecule has 0 unspecified atom stereocenters. The molecule has 1 aromatic rings. The molecule has 2 aliphatic rings. The van der Waals surface area contributed by atoms with Gasteiger partial charge in [-0.2, -0.15) is 0 Å². The molecule has 2 aliphatic heterocycles. The summed E-state index contributed by atoms with van der Waals surface area (Å²) < 4.78 is 10.5. The molecular weight excluding hydrogens is 294 g/mol. The fourth-order valence-corrected chi connectivity index (χ4v) is 3.29. The lowest BCUT2D eigenvalue weighted by molar-refractivity contribution is -0.132. The number of hydrogen-bond donors (Lipinski definition) is 0. The average molecular weight is 317 g/mol. The molecule has 1 atom stereocenters. The first kappa shape index (κ1) is 16.0. The van der Waals surface area contributed by atoms with Crippen LogP contribution in [-0.2, 0) is 20.7 Å². The molecule has 2 saturated heterocycles. The van der Waals surface area contributed by atoms with Crippen LogP contribution >= 0.6 is 0 Å². The van der Waals surface area contributed by atoms with E-state index in [9.17, 15) is 9.59 Å². The van der Waals surface area contributed by atoms with Crippen LogP contribution in [-0.4, -0.2) is 42.8 Å². The Hall–Kier alpha value is -1.88. The predicted molar refractivity (Wildman–Crippen MR) is 84.9 cm³/mol. The highest BCUT2D eigenvalue weighted by Gasteiger charge is 2.41. The zero-order chi connectivity index (χ0) is 16.3. The van der Waals surface area contributed by atoms with E-state index in [-0.39, 0.29) is 24.0 Å². The van der Waals surface area contributed by atoms with Crippen molar-refractivity contribution in [3.63, 3.8) is 0 Å². The Morgan fingerprint density at radius 3 is 2.65 bits per heavy atom. The third-order valence-electron chi connectivity index (χ3n) is 4.82. The fraction of sp³-hybridized carbons (Fsp3) is 0.556. The number of rotatable bonds is 4. The van der Waals surface area contributed by atoms with Gasteiger partial charge in [-0.15, -0.1) is 0 Å². The van der Waals surface area contributed by atoms with Crippen molar-refractivity contribution in [2.45, 2.75) is 38.6 Å². The third-order valence-corrected chi connectivity index (χ3v) is 4.82. The molecule has 5 nitrogen and oxygen atoms in total. The van der Waals surface area contributed by atoms with Crippen molar-refractivity contribution in [2.75, 3.05) is 19.8 Å². The van der Waals surface area contributed by atoms with Gasteiger partial charge in [-0.25, -0.2) is 9.69 Å². The molecule has 2 heterocycles. The van der Waals surface area contributed by atoms with Gasteiger partial charge in [0, 0.05) is 19.6 Å². The summed E-state index contributed by atoms with van der Waals surface area (Å²) in [4.78, 5) is 26.1. The van der Waals surface area contributed by atoms with Crippen LogP contribution < -0.4 is 0 Å². The standard InChI is InChI=1S/C18H23NO4/c1-18(7-9-22-10-8-18)12-16(20)19-15(13-23-17(19)21)11-14-5-3-2-4-6-14/h2-6,15H,7-13H2,1H3/t15-/m0/s1. The van der Waals surface area contributed by atoms with Crippen LogP contribution in [0, 0.1) is 5.41 Å². The van der Waals surface area contributed by atoms with E-state index in [0.717, 1.165) is 18.4 Å². The van der Waals surface area contributed by atoms with E-state index < -0.39 is 6.09 Å². The predicted octanol–water partition coefficient (Wildman–Crippen LogP) is 2.78. The third kappa shape index (κ3) is 3.72. The minimum atomic E-state index is -0.508. The van der Waals surface area contributed by atoms with Gasteiger partial charge in [-0.3, -0.25) is 4.79 Å². The molecule has 0 aromatic heterocycles. The van der Waals surface area contributed by atoms with Gasteiger partial charge in [0.1, 0.15) is 6.61 Å². The number of hydrogen-bond acceptors (Lipinski definition) is 4. The van der Waals surface area contributed by atoms with E-state index in [0.29, 0.717) is 26.1 Å². The second kappa shape index (κ2) is 6.71. The second-order valence-corrected chi connectivity index (χ2v) is 6.78. The van der Waals surface area contributed by atoms with Gasteiger partial charge in [0.25, 0.3) is 0 Å².